The van der Waals surface area contributed by atoms with Crippen LogP contribution in [-0.2, 0) is 10.5 Å². The predicted molar refractivity (Wildman–Crippen MR) is 72.2 cm³/mol. The summed E-state index contributed by atoms with van der Waals surface area (Å²) < 4.78 is 5.15. The zero-order valence-electron chi connectivity index (χ0n) is 10.3. The van der Waals surface area contributed by atoms with E-state index >= 15 is 0 Å². The van der Waals surface area contributed by atoms with Crippen LogP contribution in [-0.4, -0.2) is 24.4 Å². The van der Waals surface area contributed by atoms with Gasteiger partial charge in [-0.05, 0) is 31.5 Å². The fourth-order valence-corrected chi connectivity index (χ4v) is 2.07. The second-order valence-electron chi connectivity index (χ2n) is 4.00. The molecule has 0 bridgehead atoms. The molecule has 0 fully saturated rings. The monoisotopic (exact) mass is 253 g/mol. The van der Waals surface area contributed by atoms with Gasteiger partial charge in [0.05, 0.1) is 11.7 Å². The molecule has 4 heteroatoms. The van der Waals surface area contributed by atoms with Crippen molar-refractivity contribution in [3.63, 3.8) is 0 Å². The Morgan fingerprint density at radius 1 is 1.47 bits per heavy atom. The highest BCUT2D eigenvalue weighted by Crippen LogP contribution is 2.14. The lowest BCUT2D eigenvalue weighted by Gasteiger charge is -2.08. The summed E-state index contributed by atoms with van der Waals surface area (Å²) in [4.78, 5) is 11.7. The zero-order chi connectivity index (χ0) is 12.7. The number of carbonyl (C=O) groups is 1. The number of benzene rings is 1. The van der Waals surface area contributed by atoms with Crippen molar-refractivity contribution in [2.45, 2.75) is 25.7 Å². The first-order valence-corrected chi connectivity index (χ1v) is 6.86. The van der Waals surface area contributed by atoms with Gasteiger partial charge in [0.25, 0.3) is 0 Å². The fourth-order valence-electron chi connectivity index (χ4n) is 1.34. The first kappa shape index (κ1) is 14.1. The van der Waals surface area contributed by atoms with Crippen molar-refractivity contribution < 1.29 is 9.53 Å². The molecule has 2 N–H and O–H groups in total. The summed E-state index contributed by atoms with van der Waals surface area (Å²) in [5.41, 5.74) is 7.17. The molecule has 0 spiro atoms. The van der Waals surface area contributed by atoms with Crippen molar-refractivity contribution in [1.82, 2.24) is 0 Å². The van der Waals surface area contributed by atoms with Crippen LogP contribution in [0.25, 0.3) is 0 Å². The zero-order valence-corrected chi connectivity index (χ0v) is 11.1. The average Bonchev–Trinajstić information content (AvgIpc) is 2.29. The molecule has 0 aliphatic heterocycles. The van der Waals surface area contributed by atoms with Crippen molar-refractivity contribution in [3.8, 4) is 0 Å². The van der Waals surface area contributed by atoms with E-state index in [4.69, 9.17) is 10.5 Å². The summed E-state index contributed by atoms with van der Waals surface area (Å²) >= 11 is 1.76. The normalized spacial score (nSPS) is 10.6. The SMILES string of the molecule is CC(C)OC(=O)c1cccc(CSCCN)c1. The van der Waals surface area contributed by atoms with Crippen molar-refractivity contribution in [1.29, 1.82) is 0 Å². The Hall–Kier alpha value is -1.00. The molecule has 0 heterocycles. The molecule has 1 aromatic rings. The smallest absolute Gasteiger partial charge is 0.338 e. The largest absolute Gasteiger partial charge is 0.459 e. The van der Waals surface area contributed by atoms with E-state index in [1.807, 2.05) is 32.0 Å². The van der Waals surface area contributed by atoms with E-state index in [0.717, 1.165) is 17.1 Å². The van der Waals surface area contributed by atoms with Crippen molar-refractivity contribution in [2.24, 2.45) is 5.73 Å². The van der Waals surface area contributed by atoms with Gasteiger partial charge in [-0.15, -0.1) is 0 Å². The van der Waals surface area contributed by atoms with Gasteiger partial charge in [0.1, 0.15) is 0 Å². The van der Waals surface area contributed by atoms with Gasteiger partial charge in [0, 0.05) is 18.1 Å². The van der Waals surface area contributed by atoms with Crippen LogP contribution in [0, 0.1) is 0 Å². The van der Waals surface area contributed by atoms with E-state index in [1.165, 1.54) is 0 Å². The van der Waals surface area contributed by atoms with Crippen LogP contribution in [0.4, 0.5) is 0 Å². The van der Waals surface area contributed by atoms with E-state index in [-0.39, 0.29) is 12.1 Å². The van der Waals surface area contributed by atoms with Crippen LogP contribution in [0.5, 0.6) is 0 Å². The highest BCUT2D eigenvalue weighted by Gasteiger charge is 2.09. The van der Waals surface area contributed by atoms with E-state index < -0.39 is 0 Å². The van der Waals surface area contributed by atoms with Gasteiger partial charge in [-0.1, -0.05) is 12.1 Å². The Morgan fingerprint density at radius 2 is 2.24 bits per heavy atom. The van der Waals surface area contributed by atoms with Crippen LogP contribution < -0.4 is 5.73 Å². The van der Waals surface area contributed by atoms with Gasteiger partial charge in [-0.25, -0.2) is 4.79 Å². The van der Waals surface area contributed by atoms with E-state index in [1.54, 1.807) is 17.8 Å². The van der Waals surface area contributed by atoms with E-state index in [0.29, 0.717) is 12.1 Å². The lowest BCUT2D eigenvalue weighted by molar-refractivity contribution is 0.0378. The minimum absolute atomic E-state index is 0.0854. The van der Waals surface area contributed by atoms with Crippen LogP contribution in [0.3, 0.4) is 0 Å². The second kappa shape index (κ2) is 7.35. The quantitative estimate of drug-likeness (QED) is 0.625. The minimum atomic E-state index is -0.259. The Labute approximate surface area is 107 Å². The number of nitrogens with two attached hydrogens (primary N) is 1. The summed E-state index contributed by atoms with van der Waals surface area (Å²) in [7, 11) is 0. The molecule has 0 saturated heterocycles. The molecule has 3 nitrogen and oxygen atoms in total. The molecule has 0 aliphatic carbocycles. The van der Waals surface area contributed by atoms with Gasteiger partial charge in [0.15, 0.2) is 0 Å². The number of hydrogen-bond donors (Lipinski definition) is 1. The third-order valence-electron chi connectivity index (χ3n) is 2.04. The second-order valence-corrected chi connectivity index (χ2v) is 5.10. The first-order chi connectivity index (χ1) is 8.13. The third-order valence-corrected chi connectivity index (χ3v) is 3.10. The Kier molecular flexibility index (Phi) is 6.08. The Bertz CT molecular complexity index is 366. The summed E-state index contributed by atoms with van der Waals surface area (Å²) in [6.45, 7) is 4.37. The van der Waals surface area contributed by atoms with E-state index in [9.17, 15) is 4.79 Å². The number of esters is 1. The van der Waals surface area contributed by atoms with Gasteiger partial charge >= 0.3 is 5.97 Å². The van der Waals surface area contributed by atoms with Crippen molar-refractivity contribution in [3.05, 3.63) is 35.4 Å². The molecule has 0 saturated carbocycles. The van der Waals surface area contributed by atoms with E-state index in [2.05, 4.69) is 0 Å². The topological polar surface area (TPSA) is 52.3 Å². The number of carbonyl (C=O) groups excluding carboxylic acids is 1. The Balaban J connectivity index is 2.61. The van der Waals surface area contributed by atoms with Crippen LogP contribution in [0.2, 0.25) is 0 Å². The summed E-state index contributed by atoms with van der Waals surface area (Å²) in [5.74, 6) is 1.55. The number of rotatable bonds is 6. The first-order valence-electron chi connectivity index (χ1n) is 5.71. The third kappa shape index (κ3) is 5.24. The van der Waals surface area contributed by atoms with Gasteiger partial charge in [-0.3, -0.25) is 0 Å². The number of ether oxygens (including phenoxy) is 1. The van der Waals surface area contributed by atoms with Crippen molar-refractivity contribution >= 4 is 17.7 Å². The van der Waals surface area contributed by atoms with Crippen molar-refractivity contribution in [2.75, 3.05) is 12.3 Å². The molecule has 0 radical (unpaired) electrons. The molecule has 0 amide bonds. The maximum atomic E-state index is 11.7. The molecule has 1 rings (SSSR count). The van der Waals surface area contributed by atoms with Gasteiger partial charge < -0.3 is 10.5 Å². The lowest BCUT2D eigenvalue weighted by atomic mass is 10.1. The standard InChI is InChI=1S/C13H19NO2S/c1-10(2)16-13(15)12-5-3-4-11(8-12)9-17-7-6-14/h3-5,8,10H,6-7,9,14H2,1-2H3. The molecule has 0 unspecified atom stereocenters. The van der Waals surface area contributed by atoms with Gasteiger partial charge in [-0.2, -0.15) is 11.8 Å². The maximum Gasteiger partial charge on any atom is 0.338 e. The number of hydrogen-bond acceptors (Lipinski definition) is 4. The lowest BCUT2D eigenvalue weighted by Crippen LogP contribution is -2.11. The predicted octanol–water partition coefficient (Wildman–Crippen LogP) is 2.44. The van der Waals surface area contributed by atoms with Gasteiger partial charge in [0.2, 0.25) is 0 Å². The molecule has 0 aliphatic rings. The highest BCUT2D eigenvalue weighted by molar-refractivity contribution is 7.98. The fraction of sp³-hybridized carbons (Fsp3) is 0.462. The molecular formula is C13H19NO2S. The maximum absolute atomic E-state index is 11.7. The molecule has 1 aromatic carbocycles. The van der Waals surface area contributed by atoms with Crippen LogP contribution in [0.1, 0.15) is 29.8 Å². The molecular weight excluding hydrogens is 234 g/mol. The van der Waals surface area contributed by atoms with Crippen LogP contribution >= 0.6 is 11.8 Å². The average molecular weight is 253 g/mol. The summed E-state index contributed by atoms with van der Waals surface area (Å²) in [5, 5.41) is 0. The molecule has 0 atom stereocenters. The number of thioether (sulfide) groups is 1. The summed E-state index contributed by atoms with van der Waals surface area (Å²) in [6, 6.07) is 7.56. The Morgan fingerprint density at radius 3 is 2.88 bits per heavy atom. The highest BCUT2D eigenvalue weighted by atomic mass is 32.2. The van der Waals surface area contributed by atoms with Crippen LogP contribution in [0.15, 0.2) is 24.3 Å². The molecule has 94 valence electrons. The molecule has 0 aromatic heterocycles. The molecule has 17 heavy (non-hydrogen) atoms. The summed E-state index contributed by atoms with van der Waals surface area (Å²) in [6.07, 6.45) is -0.0854. The minimum Gasteiger partial charge on any atom is -0.459 e.